The van der Waals surface area contributed by atoms with Gasteiger partial charge in [-0.25, -0.2) is 0 Å². The molecule has 1 fully saturated rings. The standard InChI is InChI=1S/C10H18O/c1-3-4-6-9-7-5-8-10(9,2)11/h3,9,11H,1,4-8H2,2H3/t9-,10-/m0/s1. The van der Waals surface area contributed by atoms with Crippen LogP contribution in [0.5, 0.6) is 0 Å². The topological polar surface area (TPSA) is 20.2 Å². The second-order valence-corrected chi connectivity index (χ2v) is 3.81. The summed E-state index contributed by atoms with van der Waals surface area (Å²) in [7, 11) is 0. The van der Waals surface area contributed by atoms with Crippen LogP contribution >= 0.6 is 0 Å². The van der Waals surface area contributed by atoms with Crippen molar-refractivity contribution in [2.75, 3.05) is 0 Å². The van der Waals surface area contributed by atoms with Gasteiger partial charge in [-0.3, -0.25) is 0 Å². The molecule has 1 heteroatoms. The molecule has 1 rings (SSSR count). The van der Waals surface area contributed by atoms with Gasteiger partial charge in [0.05, 0.1) is 5.60 Å². The largest absolute Gasteiger partial charge is 0.390 e. The van der Waals surface area contributed by atoms with Crippen LogP contribution in [-0.4, -0.2) is 10.7 Å². The lowest BCUT2D eigenvalue weighted by Crippen LogP contribution is -2.28. The smallest absolute Gasteiger partial charge is 0.0647 e. The molecule has 0 radical (unpaired) electrons. The number of hydrogen-bond acceptors (Lipinski definition) is 1. The first-order valence-corrected chi connectivity index (χ1v) is 4.50. The summed E-state index contributed by atoms with van der Waals surface area (Å²) in [6.45, 7) is 5.65. The third-order valence-corrected chi connectivity index (χ3v) is 2.83. The van der Waals surface area contributed by atoms with Crippen LogP contribution in [0.15, 0.2) is 12.7 Å². The molecule has 2 atom stereocenters. The summed E-state index contributed by atoms with van der Waals surface area (Å²) >= 11 is 0. The van der Waals surface area contributed by atoms with Crippen LogP contribution in [-0.2, 0) is 0 Å². The van der Waals surface area contributed by atoms with E-state index in [0.29, 0.717) is 5.92 Å². The SMILES string of the molecule is C=CCC[C@H]1CCC[C@]1(C)O. The van der Waals surface area contributed by atoms with Gasteiger partial charge in [0.1, 0.15) is 0 Å². The van der Waals surface area contributed by atoms with E-state index in [1.54, 1.807) is 0 Å². The first-order valence-electron chi connectivity index (χ1n) is 4.50. The maximum absolute atomic E-state index is 9.85. The highest BCUT2D eigenvalue weighted by molar-refractivity contribution is 4.89. The Bertz CT molecular complexity index is 138. The van der Waals surface area contributed by atoms with E-state index in [1.807, 2.05) is 13.0 Å². The number of allylic oxidation sites excluding steroid dienone is 1. The van der Waals surface area contributed by atoms with Gasteiger partial charge in [-0.1, -0.05) is 12.5 Å². The Balaban J connectivity index is 2.38. The summed E-state index contributed by atoms with van der Waals surface area (Å²) in [5.74, 6) is 0.514. The van der Waals surface area contributed by atoms with E-state index in [-0.39, 0.29) is 5.60 Å². The molecule has 0 aromatic heterocycles. The van der Waals surface area contributed by atoms with Crippen LogP contribution in [0.2, 0.25) is 0 Å². The summed E-state index contributed by atoms with van der Waals surface area (Å²) in [4.78, 5) is 0. The van der Waals surface area contributed by atoms with Crippen LogP contribution in [0.25, 0.3) is 0 Å². The van der Waals surface area contributed by atoms with Crippen molar-refractivity contribution in [1.82, 2.24) is 0 Å². The zero-order chi connectivity index (χ0) is 8.32. The monoisotopic (exact) mass is 154 g/mol. The lowest BCUT2D eigenvalue weighted by Gasteiger charge is -2.24. The lowest BCUT2D eigenvalue weighted by atomic mass is 9.89. The van der Waals surface area contributed by atoms with E-state index in [9.17, 15) is 5.11 Å². The minimum absolute atomic E-state index is 0.386. The van der Waals surface area contributed by atoms with Gasteiger partial charge in [-0.05, 0) is 38.5 Å². The number of aliphatic hydroxyl groups is 1. The van der Waals surface area contributed by atoms with Crippen molar-refractivity contribution in [3.05, 3.63) is 12.7 Å². The van der Waals surface area contributed by atoms with Gasteiger partial charge in [-0.15, -0.1) is 6.58 Å². The molecule has 0 amide bonds. The number of rotatable bonds is 3. The fraction of sp³-hybridized carbons (Fsp3) is 0.800. The molecular formula is C10H18O. The molecule has 0 heterocycles. The summed E-state index contributed by atoms with van der Waals surface area (Å²) in [5, 5.41) is 9.85. The van der Waals surface area contributed by atoms with Crippen LogP contribution in [0.4, 0.5) is 0 Å². The molecule has 1 aliphatic carbocycles. The van der Waals surface area contributed by atoms with Crippen molar-refractivity contribution >= 4 is 0 Å². The summed E-state index contributed by atoms with van der Waals surface area (Å²) in [6.07, 6.45) is 7.45. The van der Waals surface area contributed by atoms with Crippen molar-refractivity contribution in [3.63, 3.8) is 0 Å². The zero-order valence-electron chi connectivity index (χ0n) is 7.34. The molecule has 1 N–H and O–H groups in total. The summed E-state index contributed by atoms with van der Waals surface area (Å²) in [5.41, 5.74) is -0.386. The molecule has 0 unspecified atom stereocenters. The van der Waals surface area contributed by atoms with Gasteiger partial charge in [0.2, 0.25) is 0 Å². The Morgan fingerprint density at radius 3 is 2.91 bits per heavy atom. The van der Waals surface area contributed by atoms with E-state index in [0.717, 1.165) is 19.3 Å². The molecule has 0 saturated heterocycles. The quantitative estimate of drug-likeness (QED) is 0.619. The second kappa shape index (κ2) is 3.40. The Kier molecular flexibility index (Phi) is 2.72. The van der Waals surface area contributed by atoms with Crippen molar-refractivity contribution < 1.29 is 5.11 Å². The fourth-order valence-electron chi connectivity index (χ4n) is 2.00. The highest BCUT2D eigenvalue weighted by Gasteiger charge is 2.35. The highest BCUT2D eigenvalue weighted by atomic mass is 16.3. The molecule has 0 bridgehead atoms. The van der Waals surface area contributed by atoms with Crippen molar-refractivity contribution in [3.8, 4) is 0 Å². The van der Waals surface area contributed by atoms with Crippen LogP contribution in [0, 0.1) is 5.92 Å². The predicted molar refractivity (Wildman–Crippen MR) is 47.4 cm³/mol. The third kappa shape index (κ3) is 2.06. The minimum atomic E-state index is -0.386. The Labute approximate surface area is 69.1 Å². The molecule has 0 aliphatic heterocycles. The minimum Gasteiger partial charge on any atom is -0.390 e. The van der Waals surface area contributed by atoms with Crippen molar-refractivity contribution in [2.24, 2.45) is 5.92 Å². The molecule has 64 valence electrons. The Morgan fingerprint density at radius 1 is 1.73 bits per heavy atom. The van der Waals surface area contributed by atoms with Gasteiger partial charge < -0.3 is 5.11 Å². The zero-order valence-corrected chi connectivity index (χ0v) is 7.34. The van der Waals surface area contributed by atoms with E-state index in [1.165, 1.54) is 12.8 Å². The molecule has 1 saturated carbocycles. The van der Waals surface area contributed by atoms with Crippen LogP contribution < -0.4 is 0 Å². The first kappa shape index (κ1) is 8.79. The normalized spacial score (nSPS) is 37.5. The number of hydrogen-bond donors (Lipinski definition) is 1. The van der Waals surface area contributed by atoms with Gasteiger partial charge in [-0.2, -0.15) is 0 Å². The molecular weight excluding hydrogens is 136 g/mol. The van der Waals surface area contributed by atoms with E-state index in [2.05, 4.69) is 6.58 Å². The van der Waals surface area contributed by atoms with Crippen LogP contribution in [0.1, 0.15) is 39.0 Å². The first-order chi connectivity index (χ1) is 5.17. The Morgan fingerprint density at radius 2 is 2.45 bits per heavy atom. The van der Waals surface area contributed by atoms with Gasteiger partial charge >= 0.3 is 0 Å². The van der Waals surface area contributed by atoms with Gasteiger partial charge in [0.25, 0.3) is 0 Å². The molecule has 1 nitrogen and oxygen atoms in total. The molecule has 1 aliphatic rings. The average Bonchev–Trinajstić information content (AvgIpc) is 2.25. The van der Waals surface area contributed by atoms with Gasteiger partial charge in [0.15, 0.2) is 0 Å². The average molecular weight is 154 g/mol. The molecule has 0 aromatic carbocycles. The van der Waals surface area contributed by atoms with E-state index >= 15 is 0 Å². The predicted octanol–water partition coefficient (Wildman–Crippen LogP) is 2.50. The van der Waals surface area contributed by atoms with Crippen molar-refractivity contribution in [2.45, 2.75) is 44.6 Å². The third-order valence-electron chi connectivity index (χ3n) is 2.83. The highest BCUT2D eigenvalue weighted by Crippen LogP contribution is 2.37. The fourth-order valence-corrected chi connectivity index (χ4v) is 2.00. The van der Waals surface area contributed by atoms with Crippen LogP contribution in [0.3, 0.4) is 0 Å². The maximum Gasteiger partial charge on any atom is 0.0647 e. The van der Waals surface area contributed by atoms with Gasteiger partial charge in [0, 0.05) is 0 Å². The lowest BCUT2D eigenvalue weighted by molar-refractivity contribution is 0.0183. The summed E-state index contributed by atoms with van der Waals surface area (Å²) < 4.78 is 0. The summed E-state index contributed by atoms with van der Waals surface area (Å²) in [6, 6.07) is 0. The Hall–Kier alpha value is -0.300. The van der Waals surface area contributed by atoms with E-state index < -0.39 is 0 Å². The molecule has 0 spiro atoms. The maximum atomic E-state index is 9.85. The second-order valence-electron chi connectivity index (χ2n) is 3.81. The van der Waals surface area contributed by atoms with Crippen molar-refractivity contribution in [1.29, 1.82) is 0 Å². The molecule has 11 heavy (non-hydrogen) atoms. The molecule has 0 aromatic rings. The van der Waals surface area contributed by atoms with E-state index in [4.69, 9.17) is 0 Å².